The van der Waals surface area contributed by atoms with E-state index in [4.69, 9.17) is 0 Å². The van der Waals surface area contributed by atoms with Crippen molar-refractivity contribution in [2.75, 3.05) is 33.2 Å². The zero-order valence-corrected chi connectivity index (χ0v) is 12.4. The molecule has 1 aliphatic rings. The summed E-state index contributed by atoms with van der Waals surface area (Å²) in [6, 6.07) is 6.96. The average molecular weight is 302 g/mol. The number of carbonyl (C=O) groups excluding carboxylic acids is 1. The first kappa shape index (κ1) is 14.6. The molecular weight excluding hydrogens is 284 g/mol. The van der Waals surface area contributed by atoms with Gasteiger partial charge in [-0.05, 0) is 19.2 Å². The molecule has 22 heavy (non-hydrogen) atoms. The number of aromatic nitrogens is 3. The van der Waals surface area contributed by atoms with E-state index < -0.39 is 0 Å². The molecule has 1 saturated heterocycles. The first-order valence-corrected chi connectivity index (χ1v) is 7.19. The van der Waals surface area contributed by atoms with Crippen LogP contribution in [0.2, 0.25) is 0 Å². The van der Waals surface area contributed by atoms with Gasteiger partial charge in [-0.25, -0.2) is 9.69 Å². The Hall–Kier alpha value is -2.32. The minimum Gasteiger partial charge on any atom is -0.304 e. The van der Waals surface area contributed by atoms with Crippen LogP contribution in [0.15, 0.2) is 29.1 Å². The molecule has 1 fully saturated rings. The van der Waals surface area contributed by atoms with E-state index >= 15 is 0 Å². The van der Waals surface area contributed by atoms with Crippen LogP contribution in [0.3, 0.4) is 0 Å². The maximum Gasteiger partial charge on any atom is 0.278 e. The molecule has 0 unspecified atom stereocenters. The third kappa shape index (κ3) is 3.12. The molecule has 116 valence electrons. The van der Waals surface area contributed by atoms with E-state index in [0.29, 0.717) is 10.9 Å². The number of fused-ring (bicyclic) bond motifs is 1. The highest BCUT2D eigenvalue weighted by Crippen LogP contribution is 2.03. The Bertz CT molecular complexity index is 735. The zero-order chi connectivity index (χ0) is 15.5. The van der Waals surface area contributed by atoms with E-state index in [0.717, 1.165) is 30.9 Å². The SMILES string of the molecule is CN1CCN(NC(=O)Cn2nnc3ccccc3c2=O)CC1. The summed E-state index contributed by atoms with van der Waals surface area (Å²) in [4.78, 5) is 26.5. The number of rotatable bonds is 3. The highest BCUT2D eigenvalue weighted by molar-refractivity contribution is 5.78. The van der Waals surface area contributed by atoms with Crippen LogP contribution in [0, 0.1) is 0 Å². The minimum atomic E-state index is -0.306. The smallest absolute Gasteiger partial charge is 0.278 e. The van der Waals surface area contributed by atoms with E-state index in [-0.39, 0.29) is 18.0 Å². The molecular formula is C14H18N6O2. The van der Waals surface area contributed by atoms with E-state index in [9.17, 15) is 9.59 Å². The van der Waals surface area contributed by atoms with Gasteiger partial charge in [0.2, 0.25) is 0 Å². The van der Waals surface area contributed by atoms with Crippen LogP contribution in [0.1, 0.15) is 0 Å². The number of hydrogen-bond acceptors (Lipinski definition) is 6. The number of carbonyl (C=O) groups is 1. The molecule has 0 atom stereocenters. The second kappa shape index (κ2) is 6.20. The molecule has 1 N–H and O–H groups in total. The fourth-order valence-corrected chi connectivity index (χ4v) is 2.39. The number of likely N-dealkylation sites (N-methyl/N-ethyl adjacent to an activating group) is 1. The lowest BCUT2D eigenvalue weighted by atomic mass is 10.2. The van der Waals surface area contributed by atoms with Crippen molar-refractivity contribution in [3.05, 3.63) is 34.6 Å². The van der Waals surface area contributed by atoms with Gasteiger partial charge in [-0.1, -0.05) is 17.3 Å². The number of benzene rings is 1. The van der Waals surface area contributed by atoms with Crippen molar-refractivity contribution in [3.63, 3.8) is 0 Å². The Labute approximate surface area is 127 Å². The number of hydrogen-bond donors (Lipinski definition) is 1. The molecule has 1 aromatic heterocycles. The van der Waals surface area contributed by atoms with Crippen LogP contribution in [-0.2, 0) is 11.3 Å². The maximum absolute atomic E-state index is 12.3. The first-order chi connectivity index (χ1) is 10.6. The molecule has 0 bridgehead atoms. The fraction of sp³-hybridized carbons (Fsp3) is 0.429. The largest absolute Gasteiger partial charge is 0.304 e. The summed E-state index contributed by atoms with van der Waals surface area (Å²) < 4.78 is 1.09. The molecule has 2 heterocycles. The minimum absolute atomic E-state index is 0.136. The molecule has 0 saturated carbocycles. The lowest BCUT2D eigenvalue weighted by Crippen LogP contribution is -2.53. The van der Waals surface area contributed by atoms with Crippen LogP contribution in [0.4, 0.5) is 0 Å². The third-order valence-electron chi connectivity index (χ3n) is 3.71. The van der Waals surface area contributed by atoms with Crippen LogP contribution in [-0.4, -0.2) is 64.0 Å². The summed E-state index contributed by atoms with van der Waals surface area (Å²) in [5, 5.41) is 10.1. The molecule has 1 amide bonds. The lowest BCUT2D eigenvalue weighted by Gasteiger charge is -2.32. The van der Waals surface area contributed by atoms with Crippen molar-refractivity contribution in [2.45, 2.75) is 6.54 Å². The summed E-state index contributed by atoms with van der Waals surface area (Å²) in [6.45, 7) is 3.19. The number of amides is 1. The van der Waals surface area contributed by atoms with Crippen molar-refractivity contribution in [3.8, 4) is 0 Å². The average Bonchev–Trinajstić information content (AvgIpc) is 2.53. The standard InChI is InChI=1S/C14H18N6O2/c1-18-6-8-19(9-7-18)16-13(21)10-20-14(22)11-4-2-3-5-12(11)15-17-20/h2-5H,6-10H2,1H3,(H,16,21). The third-order valence-corrected chi connectivity index (χ3v) is 3.71. The number of nitrogens with one attached hydrogen (secondary N) is 1. The molecule has 8 nitrogen and oxygen atoms in total. The van der Waals surface area contributed by atoms with Crippen molar-refractivity contribution in [1.82, 2.24) is 30.3 Å². The number of piperazine rings is 1. The molecule has 0 radical (unpaired) electrons. The van der Waals surface area contributed by atoms with Gasteiger partial charge in [0.15, 0.2) is 0 Å². The van der Waals surface area contributed by atoms with Crippen molar-refractivity contribution < 1.29 is 4.79 Å². The summed E-state index contributed by atoms with van der Waals surface area (Å²) in [5.74, 6) is -0.267. The second-order valence-electron chi connectivity index (χ2n) is 5.39. The predicted octanol–water partition coefficient (Wildman–Crippen LogP) is -0.930. The maximum atomic E-state index is 12.3. The van der Waals surface area contributed by atoms with Gasteiger partial charge in [-0.3, -0.25) is 15.0 Å². The molecule has 1 aliphatic heterocycles. The Kier molecular flexibility index (Phi) is 4.12. The van der Waals surface area contributed by atoms with Crippen LogP contribution in [0.25, 0.3) is 10.9 Å². The Morgan fingerprint density at radius 1 is 1.23 bits per heavy atom. The quantitative estimate of drug-likeness (QED) is 0.789. The van der Waals surface area contributed by atoms with Crippen molar-refractivity contribution in [2.24, 2.45) is 0 Å². The molecule has 3 rings (SSSR count). The molecule has 8 heteroatoms. The van der Waals surface area contributed by atoms with Crippen LogP contribution >= 0.6 is 0 Å². The Morgan fingerprint density at radius 3 is 2.73 bits per heavy atom. The van der Waals surface area contributed by atoms with Gasteiger partial charge in [0.1, 0.15) is 12.1 Å². The molecule has 0 aliphatic carbocycles. The lowest BCUT2D eigenvalue weighted by molar-refractivity contribution is -0.127. The van der Waals surface area contributed by atoms with E-state index in [1.54, 1.807) is 24.3 Å². The van der Waals surface area contributed by atoms with Gasteiger partial charge in [0, 0.05) is 26.2 Å². The highest BCUT2D eigenvalue weighted by Gasteiger charge is 2.16. The van der Waals surface area contributed by atoms with E-state index in [2.05, 4.69) is 20.6 Å². The van der Waals surface area contributed by atoms with Crippen molar-refractivity contribution in [1.29, 1.82) is 0 Å². The Balaban J connectivity index is 1.69. The highest BCUT2D eigenvalue weighted by atomic mass is 16.2. The zero-order valence-electron chi connectivity index (χ0n) is 12.4. The van der Waals surface area contributed by atoms with Gasteiger partial charge >= 0.3 is 0 Å². The number of nitrogens with zero attached hydrogens (tertiary/aromatic N) is 5. The van der Waals surface area contributed by atoms with Crippen molar-refractivity contribution >= 4 is 16.8 Å². The molecule has 1 aromatic carbocycles. The molecule has 2 aromatic rings. The first-order valence-electron chi connectivity index (χ1n) is 7.19. The monoisotopic (exact) mass is 302 g/mol. The van der Waals surface area contributed by atoms with Gasteiger partial charge in [0.25, 0.3) is 11.5 Å². The Morgan fingerprint density at radius 2 is 1.95 bits per heavy atom. The summed E-state index contributed by atoms with van der Waals surface area (Å²) in [5.41, 5.74) is 3.03. The van der Waals surface area contributed by atoms with Gasteiger partial charge in [-0.2, -0.15) is 0 Å². The predicted molar refractivity (Wildman–Crippen MR) is 81.0 cm³/mol. The summed E-state index contributed by atoms with van der Waals surface area (Å²) >= 11 is 0. The van der Waals surface area contributed by atoms with Gasteiger partial charge < -0.3 is 4.90 Å². The van der Waals surface area contributed by atoms with Crippen LogP contribution < -0.4 is 11.0 Å². The fourth-order valence-electron chi connectivity index (χ4n) is 2.39. The van der Waals surface area contributed by atoms with Gasteiger partial charge in [-0.15, -0.1) is 5.10 Å². The topological polar surface area (TPSA) is 83.4 Å². The summed E-state index contributed by atoms with van der Waals surface area (Å²) in [6.07, 6.45) is 0. The van der Waals surface area contributed by atoms with Gasteiger partial charge in [0.05, 0.1) is 5.39 Å². The summed E-state index contributed by atoms with van der Waals surface area (Å²) in [7, 11) is 2.05. The normalized spacial score (nSPS) is 16.8. The van der Waals surface area contributed by atoms with Crippen LogP contribution in [0.5, 0.6) is 0 Å². The van der Waals surface area contributed by atoms with E-state index in [1.165, 1.54) is 0 Å². The second-order valence-corrected chi connectivity index (χ2v) is 5.39. The van der Waals surface area contributed by atoms with E-state index in [1.807, 2.05) is 12.1 Å². The molecule has 0 spiro atoms. The number of hydrazine groups is 1.